The van der Waals surface area contributed by atoms with Gasteiger partial charge in [0.15, 0.2) is 0 Å². The summed E-state index contributed by atoms with van der Waals surface area (Å²) in [6.07, 6.45) is 0. The Bertz CT molecular complexity index is 608. The van der Waals surface area contributed by atoms with Gasteiger partial charge in [0.25, 0.3) is 0 Å². The minimum Gasteiger partial charge on any atom is -0.439 e. The van der Waals surface area contributed by atoms with Crippen molar-refractivity contribution in [1.29, 1.82) is 0 Å². The fraction of sp³-hybridized carbons (Fsp3) is 0.438. The van der Waals surface area contributed by atoms with Crippen LogP contribution in [0.15, 0.2) is 24.3 Å². The van der Waals surface area contributed by atoms with Gasteiger partial charge in [0.05, 0.1) is 11.3 Å². The molecule has 0 aliphatic rings. The highest BCUT2D eigenvalue weighted by atomic mass is 19.1. The highest BCUT2D eigenvalue weighted by Gasteiger charge is 2.15. The van der Waals surface area contributed by atoms with Gasteiger partial charge in [0.2, 0.25) is 5.88 Å². The van der Waals surface area contributed by atoms with Gasteiger partial charge >= 0.3 is 0 Å². The molecular formula is C16H22FN3O. The molecule has 0 bridgehead atoms. The maximum absolute atomic E-state index is 13.3. The Morgan fingerprint density at radius 1 is 1.38 bits per heavy atom. The van der Waals surface area contributed by atoms with E-state index in [-0.39, 0.29) is 5.82 Å². The lowest BCUT2D eigenvalue weighted by molar-refractivity contribution is 0.419. The molecule has 0 fully saturated rings. The van der Waals surface area contributed by atoms with Crippen molar-refractivity contribution in [3.63, 3.8) is 0 Å². The fourth-order valence-electron chi connectivity index (χ4n) is 2.14. The molecular weight excluding hydrogens is 269 g/mol. The van der Waals surface area contributed by atoms with Crippen molar-refractivity contribution in [2.24, 2.45) is 13.0 Å². The van der Waals surface area contributed by atoms with E-state index in [2.05, 4.69) is 24.3 Å². The maximum atomic E-state index is 13.3. The first-order valence-electron chi connectivity index (χ1n) is 7.14. The van der Waals surface area contributed by atoms with Gasteiger partial charge in [0, 0.05) is 19.7 Å². The van der Waals surface area contributed by atoms with E-state index in [9.17, 15) is 4.39 Å². The van der Waals surface area contributed by atoms with Crippen molar-refractivity contribution < 1.29 is 9.13 Å². The van der Waals surface area contributed by atoms with Crippen LogP contribution in [-0.2, 0) is 13.6 Å². The summed E-state index contributed by atoms with van der Waals surface area (Å²) in [5.74, 6) is 1.39. The minimum absolute atomic E-state index is 0.314. The number of hydrogen-bond acceptors (Lipinski definition) is 3. The van der Waals surface area contributed by atoms with Crippen LogP contribution in [0.3, 0.4) is 0 Å². The topological polar surface area (TPSA) is 39.1 Å². The second-order valence-corrected chi connectivity index (χ2v) is 5.58. The molecule has 2 aromatic rings. The zero-order valence-electron chi connectivity index (χ0n) is 13.0. The van der Waals surface area contributed by atoms with E-state index in [1.165, 1.54) is 12.1 Å². The van der Waals surface area contributed by atoms with Gasteiger partial charge in [-0.25, -0.2) is 9.07 Å². The Hall–Kier alpha value is -1.88. The predicted octanol–water partition coefficient (Wildman–Crippen LogP) is 3.41. The van der Waals surface area contributed by atoms with Crippen LogP contribution in [0.5, 0.6) is 11.6 Å². The SMILES string of the molecule is Cc1nn(C)c(Oc2cccc(F)c2)c1CNCC(C)C. The number of aryl methyl sites for hydroxylation is 2. The summed E-state index contributed by atoms with van der Waals surface area (Å²) >= 11 is 0. The monoisotopic (exact) mass is 291 g/mol. The number of benzene rings is 1. The molecule has 5 heteroatoms. The lowest BCUT2D eigenvalue weighted by Gasteiger charge is -2.11. The first-order chi connectivity index (χ1) is 9.97. The lowest BCUT2D eigenvalue weighted by atomic mass is 10.2. The highest BCUT2D eigenvalue weighted by Crippen LogP contribution is 2.27. The van der Waals surface area contributed by atoms with Gasteiger partial charge in [0.1, 0.15) is 11.6 Å². The van der Waals surface area contributed by atoms with Crippen molar-refractivity contribution in [3.05, 3.63) is 41.3 Å². The average molecular weight is 291 g/mol. The van der Waals surface area contributed by atoms with E-state index in [1.807, 2.05) is 14.0 Å². The average Bonchev–Trinajstić information content (AvgIpc) is 2.65. The van der Waals surface area contributed by atoms with E-state index < -0.39 is 0 Å². The van der Waals surface area contributed by atoms with Crippen LogP contribution in [0.25, 0.3) is 0 Å². The molecule has 114 valence electrons. The van der Waals surface area contributed by atoms with Gasteiger partial charge in [-0.2, -0.15) is 5.10 Å². The Morgan fingerprint density at radius 3 is 2.81 bits per heavy atom. The zero-order chi connectivity index (χ0) is 15.4. The molecule has 0 amide bonds. The van der Waals surface area contributed by atoms with E-state index in [4.69, 9.17) is 4.74 Å². The van der Waals surface area contributed by atoms with Crippen LogP contribution in [-0.4, -0.2) is 16.3 Å². The molecule has 1 aromatic heterocycles. The van der Waals surface area contributed by atoms with Gasteiger partial charge in [-0.15, -0.1) is 0 Å². The van der Waals surface area contributed by atoms with Crippen molar-refractivity contribution in [2.45, 2.75) is 27.3 Å². The van der Waals surface area contributed by atoms with Crippen molar-refractivity contribution in [2.75, 3.05) is 6.54 Å². The normalized spacial score (nSPS) is 11.1. The third kappa shape index (κ3) is 4.04. The number of aromatic nitrogens is 2. The van der Waals surface area contributed by atoms with Crippen molar-refractivity contribution in [1.82, 2.24) is 15.1 Å². The smallest absolute Gasteiger partial charge is 0.222 e. The molecule has 0 spiro atoms. The third-order valence-corrected chi connectivity index (χ3v) is 3.15. The Balaban J connectivity index is 2.18. The summed E-state index contributed by atoms with van der Waals surface area (Å²) in [5, 5.41) is 7.77. The van der Waals surface area contributed by atoms with Crippen molar-refractivity contribution in [3.8, 4) is 11.6 Å². The quantitative estimate of drug-likeness (QED) is 0.886. The van der Waals surface area contributed by atoms with Crippen LogP contribution in [0.1, 0.15) is 25.1 Å². The van der Waals surface area contributed by atoms with Gasteiger partial charge in [-0.05, 0) is 31.5 Å². The number of nitrogens with zero attached hydrogens (tertiary/aromatic N) is 2. The number of halogens is 1. The minimum atomic E-state index is -0.314. The van der Waals surface area contributed by atoms with Crippen LogP contribution in [0, 0.1) is 18.7 Å². The molecule has 4 nitrogen and oxygen atoms in total. The second-order valence-electron chi connectivity index (χ2n) is 5.58. The van der Waals surface area contributed by atoms with Crippen LogP contribution in [0.2, 0.25) is 0 Å². The van der Waals surface area contributed by atoms with Crippen LogP contribution in [0.4, 0.5) is 4.39 Å². The molecule has 1 N–H and O–H groups in total. The summed E-state index contributed by atoms with van der Waals surface area (Å²) in [5.41, 5.74) is 1.92. The number of nitrogens with one attached hydrogen (secondary N) is 1. The van der Waals surface area contributed by atoms with E-state index >= 15 is 0 Å². The molecule has 0 radical (unpaired) electrons. The molecule has 2 rings (SSSR count). The third-order valence-electron chi connectivity index (χ3n) is 3.15. The van der Waals surface area contributed by atoms with E-state index in [1.54, 1.807) is 16.8 Å². The Kier molecular flexibility index (Phi) is 4.96. The van der Waals surface area contributed by atoms with Crippen LogP contribution < -0.4 is 10.1 Å². The fourth-order valence-corrected chi connectivity index (χ4v) is 2.14. The number of rotatable bonds is 6. The first kappa shape index (κ1) is 15.5. The van der Waals surface area contributed by atoms with Gasteiger partial charge in [-0.1, -0.05) is 19.9 Å². The molecule has 1 aromatic carbocycles. The van der Waals surface area contributed by atoms with Crippen molar-refractivity contribution >= 4 is 0 Å². The summed E-state index contributed by atoms with van der Waals surface area (Å²) in [4.78, 5) is 0. The van der Waals surface area contributed by atoms with Crippen LogP contribution >= 0.6 is 0 Å². The highest BCUT2D eigenvalue weighted by molar-refractivity contribution is 5.35. The Labute approximate surface area is 124 Å². The van der Waals surface area contributed by atoms with Gasteiger partial charge < -0.3 is 10.1 Å². The molecule has 1 heterocycles. The molecule has 0 atom stereocenters. The largest absolute Gasteiger partial charge is 0.439 e. The molecule has 0 aliphatic heterocycles. The van der Waals surface area contributed by atoms with E-state index in [0.717, 1.165) is 17.8 Å². The molecule has 0 aliphatic carbocycles. The number of hydrogen-bond donors (Lipinski definition) is 1. The predicted molar refractivity (Wildman–Crippen MR) is 81.0 cm³/mol. The summed E-state index contributed by atoms with van der Waals surface area (Å²) in [6.45, 7) is 7.88. The summed E-state index contributed by atoms with van der Waals surface area (Å²) in [7, 11) is 1.83. The Morgan fingerprint density at radius 2 is 2.14 bits per heavy atom. The molecule has 0 unspecified atom stereocenters. The zero-order valence-corrected chi connectivity index (χ0v) is 13.0. The van der Waals surface area contributed by atoms with Gasteiger partial charge in [-0.3, -0.25) is 0 Å². The summed E-state index contributed by atoms with van der Waals surface area (Å²) < 4.78 is 20.8. The lowest BCUT2D eigenvalue weighted by Crippen LogP contribution is -2.19. The standard InChI is InChI=1S/C16H22FN3O/c1-11(2)9-18-10-15-12(3)19-20(4)16(15)21-14-7-5-6-13(17)8-14/h5-8,11,18H,9-10H2,1-4H3. The second kappa shape index (κ2) is 6.72. The van der Waals surface area contributed by atoms with E-state index in [0.29, 0.717) is 24.1 Å². The first-order valence-corrected chi connectivity index (χ1v) is 7.14. The summed E-state index contributed by atoms with van der Waals surface area (Å²) in [6, 6.07) is 6.13. The maximum Gasteiger partial charge on any atom is 0.222 e. The molecule has 21 heavy (non-hydrogen) atoms. The number of ether oxygens (including phenoxy) is 1. The molecule has 0 saturated carbocycles. The molecule has 0 saturated heterocycles.